The van der Waals surface area contributed by atoms with Crippen molar-refractivity contribution in [1.29, 1.82) is 0 Å². The number of nitrogens with zero attached hydrogens (tertiary/aromatic N) is 1. The van der Waals surface area contributed by atoms with E-state index in [1.54, 1.807) is 17.8 Å². The monoisotopic (exact) mass is 144 g/mol. The first-order chi connectivity index (χ1) is 4.33. The molecule has 0 aromatic carbocycles. The molecule has 0 saturated heterocycles. The fraction of sp³-hybridized carbons (Fsp3) is 0.400. The molecule has 0 saturated carbocycles. The molecule has 1 rings (SSSR count). The van der Waals surface area contributed by atoms with E-state index in [2.05, 4.69) is 9.68 Å². The van der Waals surface area contributed by atoms with Crippen LogP contribution in [0.3, 0.4) is 0 Å². The fourth-order valence-corrected chi connectivity index (χ4v) is 0.976. The summed E-state index contributed by atoms with van der Waals surface area (Å²) in [7, 11) is 0. The number of thioether (sulfide) groups is 1. The third-order valence-corrected chi connectivity index (χ3v) is 1.45. The number of nitrogen functional groups attached to an aromatic ring is 1. The van der Waals surface area contributed by atoms with Crippen LogP contribution < -0.4 is 5.73 Å². The lowest BCUT2D eigenvalue weighted by Gasteiger charge is -1.83. The van der Waals surface area contributed by atoms with Crippen LogP contribution in [0, 0.1) is 0 Å². The van der Waals surface area contributed by atoms with Crippen molar-refractivity contribution >= 4 is 17.6 Å². The largest absolute Gasteiger partial charge is 0.368 e. The summed E-state index contributed by atoms with van der Waals surface area (Å²) in [6.45, 7) is 0. The molecule has 0 radical (unpaired) electrons. The van der Waals surface area contributed by atoms with Gasteiger partial charge in [0.25, 0.3) is 0 Å². The molecule has 0 aliphatic rings. The Bertz CT molecular complexity index is 187. The molecule has 0 amide bonds. The SMILES string of the molecule is CSCc1cc(N)on1. The van der Waals surface area contributed by atoms with E-state index in [0.29, 0.717) is 5.88 Å². The lowest BCUT2D eigenvalue weighted by Crippen LogP contribution is -1.77. The zero-order valence-electron chi connectivity index (χ0n) is 5.13. The lowest BCUT2D eigenvalue weighted by molar-refractivity contribution is 0.430. The van der Waals surface area contributed by atoms with E-state index in [-0.39, 0.29) is 0 Å². The topological polar surface area (TPSA) is 52.0 Å². The molecule has 1 aromatic heterocycles. The van der Waals surface area contributed by atoms with Crippen LogP contribution in [0.2, 0.25) is 0 Å². The van der Waals surface area contributed by atoms with Crippen LogP contribution in [0.25, 0.3) is 0 Å². The van der Waals surface area contributed by atoms with Crippen molar-refractivity contribution in [2.24, 2.45) is 0 Å². The van der Waals surface area contributed by atoms with Crippen LogP contribution in [0.4, 0.5) is 5.88 Å². The summed E-state index contributed by atoms with van der Waals surface area (Å²) < 4.78 is 4.63. The van der Waals surface area contributed by atoms with Gasteiger partial charge in [-0.1, -0.05) is 5.16 Å². The minimum atomic E-state index is 0.388. The van der Waals surface area contributed by atoms with Crippen LogP contribution in [-0.4, -0.2) is 11.4 Å². The summed E-state index contributed by atoms with van der Waals surface area (Å²) in [5, 5.41) is 3.68. The van der Waals surface area contributed by atoms with Crippen molar-refractivity contribution in [2.45, 2.75) is 5.75 Å². The van der Waals surface area contributed by atoms with Gasteiger partial charge in [-0.15, -0.1) is 0 Å². The van der Waals surface area contributed by atoms with E-state index in [0.717, 1.165) is 11.4 Å². The predicted molar refractivity (Wildman–Crippen MR) is 38.1 cm³/mol. The number of aromatic nitrogens is 1. The Balaban J connectivity index is 2.61. The number of rotatable bonds is 2. The zero-order chi connectivity index (χ0) is 6.69. The number of hydrogen-bond acceptors (Lipinski definition) is 4. The van der Waals surface area contributed by atoms with E-state index in [9.17, 15) is 0 Å². The maximum absolute atomic E-state index is 5.27. The summed E-state index contributed by atoms with van der Waals surface area (Å²) >= 11 is 1.69. The minimum absolute atomic E-state index is 0.388. The highest BCUT2D eigenvalue weighted by molar-refractivity contribution is 7.97. The summed E-state index contributed by atoms with van der Waals surface area (Å²) in [4.78, 5) is 0. The average molecular weight is 144 g/mol. The van der Waals surface area contributed by atoms with Crippen LogP contribution in [0.1, 0.15) is 5.69 Å². The van der Waals surface area contributed by atoms with Gasteiger partial charge >= 0.3 is 0 Å². The van der Waals surface area contributed by atoms with Crippen molar-refractivity contribution in [1.82, 2.24) is 5.16 Å². The van der Waals surface area contributed by atoms with Gasteiger partial charge in [0, 0.05) is 11.8 Å². The second kappa shape index (κ2) is 2.77. The van der Waals surface area contributed by atoms with Gasteiger partial charge in [0.1, 0.15) is 0 Å². The second-order valence-corrected chi connectivity index (χ2v) is 2.52. The van der Waals surface area contributed by atoms with Crippen LogP contribution in [0.5, 0.6) is 0 Å². The summed E-state index contributed by atoms with van der Waals surface area (Å²) in [6, 6.07) is 1.73. The lowest BCUT2D eigenvalue weighted by atomic mass is 10.5. The van der Waals surface area contributed by atoms with E-state index >= 15 is 0 Å². The highest BCUT2D eigenvalue weighted by atomic mass is 32.2. The Kier molecular flexibility index (Phi) is 2.00. The van der Waals surface area contributed by atoms with Crippen LogP contribution in [0.15, 0.2) is 10.6 Å². The normalized spacial score (nSPS) is 9.89. The van der Waals surface area contributed by atoms with Crippen LogP contribution >= 0.6 is 11.8 Å². The standard InChI is InChI=1S/C5H8N2OS/c1-9-3-4-2-5(6)8-7-4/h2H,3,6H2,1H3. The summed E-state index contributed by atoms with van der Waals surface area (Å²) in [5.41, 5.74) is 6.17. The molecule has 0 atom stereocenters. The maximum Gasteiger partial charge on any atom is 0.222 e. The van der Waals surface area contributed by atoms with Crippen molar-refractivity contribution in [2.75, 3.05) is 12.0 Å². The van der Waals surface area contributed by atoms with Gasteiger partial charge in [0.15, 0.2) is 0 Å². The molecule has 4 heteroatoms. The Morgan fingerprint density at radius 2 is 2.67 bits per heavy atom. The van der Waals surface area contributed by atoms with Gasteiger partial charge in [-0.3, -0.25) is 0 Å². The molecule has 0 aliphatic carbocycles. The Labute approximate surface area is 57.6 Å². The average Bonchev–Trinajstić information content (AvgIpc) is 2.17. The van der Waals surface area contributed by atoms with Gasteiger partial charge in [0.05, 0.1) is 5.69 Å². The van der Waals surface area contributed by atoms with E-state index in [4.69, 9.17) is 5.73 Å². The molecule has 0 spiro atoms. The quantitative estimate of drug-likeness (QED) is 0.675. The first-order valence-electron chi connectivity index (χ1n) is 2.53. The van der Waals surface area contributed by atoms with E-state index in [1.807, 2.05) is 6.26 Å². The van der Waals surface area contributed by atoms with Gasteiger partial charge in [0.2, 0.25) is 5.88 Å². The van der Waals surface area contributed by atoms with Crippen molar-refractivity contribution in [3.05, 3.63) is 11.8 Å². The molecule has 0 unspecified atom stereocenters. The molecule has 9 heavy (non-hydrogen) atoms. The molecule has 0 fully saturated rings. The third-order valence-electron chi connectivity index (χ3n) is 0.869. The van der Waals surface area contributed by atoms with Crippen molar-refractivity contribution in [3.8, 4) is 0 Å². The van der Waals surface area contributed by atoms with E-state index < -0.39 is 0 Å². The molecule has 50 valence electrons. The maximum atomic E-state index is 5.27. The number of hydrogen-bond donors (Lipinski definition) is 1. The van der Waals surface area contributed by atoms with Crippen molar-refractivity contribution < 1.29 is 4.52 Å². The second-order valence-electron chi connectivity index (χ2n) is 1.65. The Hall–Kier alpha value is -0.640. The van der Waals surface area contributed by atoms with Gasteiger partial charge in [-0.25, -0.2) is 0 Å². The fourth-order valence-electron chi connectivity index (χ4n) is 0.544. The molecule has 1 heterocycles. The third kappa shape index (κ3) is 1.64. The molecule has 3 nitrogen and oxygen atoms in total. The molecule has 1 aromatic rings. The first-order valence-corrected chi connectivity index (χ1v) is 3.92. The van der Waals surface area contributed by atoms with E-state index in [1.165, 1.54) is 0 Å². The molecule has 2 N–H and O–H groups in total. The van der Waals surface area contributed by atoms with Gasteiger partial charge in [-0.2, -0.15) is 11.8 Å². The Morgan fingerprint density at radius 1 is 1.89 bits per heavy atom. The Morgan fingerprint density at radius 3 is 3.11 bits per heavy atom. The molecular formula is C5H8N2OS. The predicted octanol–water partition coefficient (Wildman–Crippen LogP) is 1.12. The minimum Gasteiger partial charge on any atom is -0.368 e. The summed E-state index contributed by atoms with van der Waals surface area (Å²) in [5.74, 6) is 1.25. The molecule has 0 aliphatic heterocycles. The number of nitrogens with two attached hydrogens (primary N) is 1. The van der Waals surface area contributed by atoms with Crippen molar-refractivity contribution in [3.63, 3.8) is 0 Å². The van der Waals surface area contributed by atoms with Crippen LogP contribution in [-0.2, 0) is 5.75 Å². The zero-order valence-corrected chi connectivity index (χ0v) is 5.94. The molecule has 0 bridgehead atoms. The summed E-state index contributed by atoms with van der Waals surface area (Å²) in [6.07, 6.45) is 2.00. The smallest absolute Gasteiger partial charge is 0.222 e. The number of anilines is 1. The highest BCUT2D eigenvalue weighted by Gasteiger charge is 1.96. The van der Waals surface area contributed by atoms with Gasteiger partial charge in [-0.05, 0) is 6.26 Å². The first kappa shape index (κ1) is 6.48. The molecular weight excluding hydrogens is 136 g/mol. The van der Waals surface area contributed by atoms with Gasteiger partial charge < -0.3 is 10.3 Å². The highest BCUT2D eigenvalue weighted by Crippen LogP contribution is 2.09.